The van der Waals surface area contributed by atoms with Crippen LogP contribution in [0.1, 0.15) is 13.8 Å². The predicted octanol–water partition coefficient (Wildman–Crippen LogP) is 4.32. The van der Waals surface area contributed by atoms with Crippen LogP contribution in [0.25, 0.3) is 10.8 Å². The van der Waals surface area contributed by atoms with Gasteiger partial charge in [0, 0.05) is 17.8 Å². The van der Waals surface area contributed by atoms with Gasteiger partial charge >= 0.3 is 0 Å². The lowest BCUT2D eigenvalue weighted by Gasteiger charge is -2.15. The molecule has 3 aromatic rings. The topological polar surface area (TPSA) is 77.5 Å². The largest absolute Gasteiger partial charge is 0.490 e. The van der Waals surface area contributed by atoms with E-state index >= 15 is 0 Å². The highest BCUT2D eigenvalue weighted by Gasteiger charge is 2.14. The summed E-state index contributed by atoms with van der Waals surface area (Å²) in [6, 6.07) is 9.18. The Kier molecular flexibility index (Phi) is 5.69. The van der Waals surface area contributed by atoms with E-state index < -0.39 is 15.7 Å². The van der Waals surface area contributed by atoms with E-state index in [1.165, 1.54) is 12.1 Å². The molecule has 0 bridgehead atoms. The first-order valence-electron chi connectivity index (χ1n) is 8.78. The highest BCUT2D eigenvalue weighted by atomic mass is 32.2. The van der Waals surface area contributed by atoms with Gasteiger partial charge in [-0.05, 0) is 55.6 Å². The molecule has 148 valence electrons. The maximum atomic E-state index is 14.4. The van der Waals surface area contributed by atoms with Crippen molar-refractivity contribution in [1.82, 2.24) is 4.98 Å². The number of aromatic nitrogens is 1. The zero-order valence-corrected chi connectivity index (χ0v) is 16.6. The lowest BCUT2D eigenvalue weighted by molar-refractivity contribution is 0.288. The zero-order valence-electron chi connectivity index (χ0n) is 15.8. The van der Waals surface area contributed by atoms with Crippen LogP contribution < -0.4 is 14.8 Å². The first kappa shape index (κ1) is 19.9. The number of nitrogens with zero attached hydrogens (tertiary/aromatic N) is 1. The van der Waals surface area contributed by atoms with Gasteiger partial charge in [-0.15, -0.1) is 0 Å². The quantitative estimate of drug-likeness (QED) is 0.632. The third kappa shape index (κ3) is 4.17. The van der Waals surface area contributed by atoms with Gasteiger partial charge in [0.25, 0.3) is 0 Å². The van der Waals surface area contributed by atoms with Crippen LogP contribution in [-0.2, 0) is 9.84 Å². The van der Waals surface area contributed by atoms with Crippen LogP contribution in [0.15, 0.2) is 47.5 Å². The summed E-state index contributed by atoms with van der Waals surface area (Å²) in [5, 5.41) is 4.51. The van der Waals surface area contributed by atoms with Crippen molar-refractivity contribution in [3.63, 3.8) is 0 Å². The lowest BCUT2D eigenvalue weighted by atomic mass is 10.1. The summed E-state index contributed by atoms with van der Waals surface area (Å²) < 4.78 is 48.9. The van der Waals surface area contributed by atoms with E-state index in [0.29, 0.717) is 30.5 Å². The second-order valence-corrected chi connectivity index (χ2v) is 8.10. The number of ether oxygens (including phenoxy) is 2. The Balaban J connectivity index is 2.05. The molecule has 2 aromatic carbocycles. The summed E-state index contributed by atoms with van der Waals surface area (Å²) >= 11 is 0. The summed E-state index contributed by atoms with van der Waals surface area (Å²) in [7, 11) is -3.49. The second kappa shape index (κ2) is 8.02. The molecule has 0 spiro atoms. The number of fused-ring (bicyclic) bond motifs is 1. The van der Waals surface area contributed by atoms with Gasteiger partial charge < -0.3 is 14.8 Å². The molecule has 28 heavy (non-hydrogen) atoms. The van der Waals surface area contributed by atoms with E-state index in [0.717, 1.165) is 23.1 Å². The van der Waals surface area contributed by atoms with Crippen molar-refractivity contribution in [2.75, 3.05) is 24.8 Å². The monoisotopic (exact) mass is 404 g/mol. The van der Waals surface area contributed by atoms with Crippen LogP contribution in [0, 0.1) is 5.82 Å². The number of rotatable bonds is 7. The van der Waals surface area contributed by atoms with Crippen LogP contribution in [0.3, 0.4) is 0 Å². The fourth-order valence-corrected chi connectivity index (χ4v) is 3.40. The summed E-state index contributed by atoms with van der Waals surface area (Å²) in [6.07, 6.45) is 2.63. The van der Waals surface area contributed by atoms with Gasteiger partial charge in [-0.2, -0.15) is 0 Å². The number of hydrogen-bond donors (Lipinski definition) is 1. The highest BCUT2D eigenvalue weighted by molar-refractivity contribution is 7.90. The van der Waals surface area contributed by atoms with Gasteiger partial charge in [-0.3, -0.25) is 0 Å². The maximum absolute atomic E-state index is 14.4. The summed E-state index contributed by atoms with van der Waals surface area (Å²) in [4.78, 5) is 4.22. The number of nitrogens with one attached hydrogen (secondary N) is 1. The Labute approximate surface area is 163 Å². The minimum absolute atomic E-state index is 0.0820. The maximum Gasteiger partial charge on any atom is 0.175 e. The fourth-order valence-electron chi connectivity index (χ4n) is 2.77. The predicted molar refractivity (Wildman–Crippen MR) is 107 cm³/mol. The van der Waals surface area contributed by atoms with Crippen molar-refractivity contribution in [1.29, 1.82) is 0 Å². The molecule has 0 fully saturated rings. The first-order chi connectivity index (χ1) is 13.3. The van der Waals surface area contributed by atoms with Crippen molar-refractivity contribution in [2.24, 2.45) is 0 Å². The van der Waals surface area contributed by atoms with Gasteiger partial charge in [0.05, 0.1) is 23.8 Å². The van der Waals surface area contributed by atoms with Crippen molar-refractivity contribution in [3.05, 3.63) is 48.4 Å². The highest BCUT2D eigenvalue weighted by Crippen LogP contribution is 2.36. The van der Waals surface area contributed by atoms with Crippen LogP contribution in [0.2, 0.25) is 0 Å². The average molecular weight is 404 g/mol. The van der Waals surface area contributed by atoms with E-state index in [9.17, 15) is 12.8 Å². The van der Waals surface area contributed by atoms with Crippen molar-refractivity contribution >= 4 is 32.1 Å². The molecule has 0 saturated heterocycles. The van der Waals surface area contributed by atoms with Gasteiger partial charge in [-0.1, -0.05) is 0 Å². The van der Waals surface area contributed by atoms with Gasteiger partial charge in [-0.25, -0.2) is 17.8 Å². The fraction of sp³-hybridized carbons (Fsp3) is 0.250. The van der Waals surface area contributed by atoms with Crippen molar-refractivity contribution < 1.29 is 22.3 Å². The molecular formula is C20H21FN2O4S. The van der Waals surface area contributed by atoms with E-state index in [1.54, 1.807) is 12.3 Å². The Morgan fingerprint density at radius 3 is 2.32 bits per heavy atom. The molecule has 0 aliphatic carbocycles. The van der Waals surface area contributed by atoms with Gasteiger partial charge in [0.15, 0.2) is 21.3 Å². The molecule has 0 radical (unpaired) electrons. The molecule has 1 heterocycles. The molecule has 0 aliphatic rings. The van der Waals surface area contributed by atoms with Gasteiger partial charge in [0.1, 0.15) is 11.6 Å². The summed E-state index contributed by atoms with van der Waals surface area (Å²) in [6.45, 7) is 4.74. The molecular weight excluding hydrogens is 383 g/mol. The van der Waals surface area contributed by atoms with Gasteiger partial charge in [0.2, 0.25) is 0 Å². The summed E-state index contributed by atoms with van der Waals surface area (Å²) in [5.41, 5.74) is 0.124. The first-order valence-corrected chi connectivity index (χ1v) is 10.7. The number of hydrogen-bond acceptors (Lipinski definition) is 6. The van der Waals surface area contributed by atoms with E-state index in [4.69, 9.17) is 9.47 Å². The van der Waals surface area contributed by atoms with Crippen LogP contribution in [0.5, 0.6) is 11.5 Å². The average Bonchev–Trinajstić information content (AvgIpc) is 2.64. The third-order valence-electron chi connectivity index (χ3n) is 4.05. The smallest absolute Gasteiger partial charge is 0.175 e. The molecule has 1 N–H and O–H groups in total. The standard InChI is InChI=1S/C20H21FN2O4S/c1-4-26-18-10-13-8-9-22-20(15(13)12-19(18)27-5-2)23-17-7-6-14(11-16(17)21)28(3,24)25/h6-12H,4-5H2,1-3H3,(H,22,23). The number of benzene rings is 2. The number of pyridine rings is 1. The number of sulfone groups is 1. The molecule has 0 aliphatic heterocycles. The third-order valence-corrected chi connectivity index (χ3v) is 5.16. The molecule has 1 aromatic heterocycles. The number of anilines is 2. The number of halogens is 1. The SMILES string of the molecule is CCOc1cc2ccnc(Nc3ccc(S(C)(=O)=O)cc3F)c2cc1OCC. The minimum Gasteiger partial charge on any atom is -0.490 e. The Bertz CT molecular complexity index is 1120. The van der Waals surface area contributed by atoms with E-state index in [1.807, 2.05) is 26.0 Å². The molecule has 0 saturated carbocycles. The molecule has 0 amide bonds. The van der Waals surface area contributed by atoms with Crippen molar-refractivity contribution in [3.8, 4) is 11.5 Å². The van der Waals surface area contributed by atoms with E-state index in [2.05, 4.69) is 10.3 Å². The van der Waals surface area contributed by atoms with Crippen LogP contribution in [0.4, 0.5) is 15.9 Å². The molecule has 0 atom stereocenters. The van der Waals surface area contributed by atoms with Crippen LogP contribution >= 0.6 is 0 Å². The normalized spacial score (nSPS) is 11.4. The van der Waals surface area contributed by atoms with Crippen LogP contribution in [-0.4, -0.2) is 32.9 Å². The zero-order chi connectivity index (χ0) is 20.3. The molecule has 0 unspecified atom stereocenters. The molecule has 6 nitrogen and oxygen atoms in total. The Morgan fingerprint density at radius 2 is 1.71 bits per heavy atom. The Morgan fingerprint density at radius 1 is 1.04 bits per heavy atom. The Hall–Kier alpha value is -2.87. The summed E-state index contributed by atoms with van der Waals surface area (Å²) in [5.74, 6) is 0.934. The lowest BCUT2D eigenvalue weighted by Crippen LogP contribution is -2.02. The second-order valence-electron chi connectivity index (χ2n) is 6.08. The molecule has 8 heteroatoms. The van der Waals surface area contributed by atoms with E-state index in [-0.39, 0.29) is 10.6 Å². The molecule has 3 rings (SSSR count). The minimum atomic E-state index is -3.49. The van der Waals surface area contributed by atoms with Crippen molar-refractivity contribution in [2.45, 2.75) is 18.7 Å².